The molecule has 18 heavy (non-hydrogen) atoms. The molecule has 1 rings (SSSR count). The number of hydrogen-bond acceptors (Lipinski definition) is 3. The van der Waals surface area contributed by atoms with E-state index >= 15 is 0 Å². The lowest BCUT2D eigenvalue weighted by Crippen LogP contribution is -2.34. The Hall–Kier alpha value is -1.55. The van der Waals surface area contributed by atoms with Crippen LogP contribution in [0.25, 0.3) is 0 Å². The zero-order chi connectivity index (χ0) is 13.5. The third-order valence-corrected chi connectivity index (χ3v) is 2.62. The van der Waals surface area contributed by atoms with Crippen molar-refractivity contribution in [3.05, 3.63) is 34.9 Å². The predicted octanol–water partition coefficient (Wildman–Crippen LogP) is 1.90. The van der Waals surface area contributed by atoms with Gasteiger partial charge in [-0.2, -0.15) is 0 Å². The topological polar surface area (TPSA) is 46.6 Å². The summed E-state index contributed by atoms with van der Waals surface area (Å²) in [4.78, 5) is 24.4. The van der Waals surface area contributed by atoms with Crippen LogP contribution in [0, 0.1) is 0 Å². The molecule has 0 fully saturated rings. The number of nitrogens with zero attached hydrogens (tertiary/aromatic N) is 1. The van der Waals surface area contributed by atoms with Crippen molar-refractivity contribution < 1.29 is 14.3 Å². The number of hydrogen-bond donors (Lipinski definition) is 0. The van der Waals surface area contributed by atoms with Gasteiger partial charge in [-0.25, -0.2) is 0 Å². The molecule has 0 unspecified atom stereocenters. The van der Waals surface area contributed by atoms with Gasteiger partial charge in [-0.3, -0.25) is 9.59 Å². The Kier molecular flexibility index (Phi) is 5.65. The second-order valence-corrected chi connectivity index (χ2v) is 4.29. The molecule has 0 aromatic heterocycles. The summed E-state index contributed by atoms with van der Waals surface area (Å²) in [7, 11) is 1.58. The van der Waals surface area contributed by atoms with Crippen molar-refractivity contribution >= 4 is 23.5 Å². The molecule has 0 aliphatic rings. The average molecular weight is 270 g/mol. The van der Waals surface area contributed by atoms with Crippen LogP contribution in [0.2, 0.25) is 5.02 Å². The molecule has 0 aliphatic heterocycles. The Balaban J connectivity index is 2.49. The number of carbonyl (C=O) groups excluding carboxylic acids is 2. The van der Waals surface area contributed by atoms with E-state index in [9.17, 15) is 9.59 Å². The van der Waals surface area contributed by atoms with E-state index in [0.717, 1.165) is 5.56 Å². The molecule has 0 atom stereocenters. The fourth-order valence-corrected chi connectivity index (χ4v) is 1.53. The number of esters is 1. The zero-order valence-electron chi connectivity index (χ0n) is 10.5. The molecular weight excluding hydrogens is 254 g/mol. The van der Waals surface area contributed by atoms with Crippen molar-refractivity contribution in [3.8, 4) is 0 Å². The van der Waals surface area contributed by atoms with Crippen LogP contribution in [0.4, 0.5) is 0 Å². The second-order valence-electron chi connectivity index (χ2n) is 3.86. The van der Waals surface area contributed by atoms with E-state index in [0.29, 0.717) is 11.6 Å². The van der Waals surface area contributed by atoms with Crippen LogP contribution >= 0.6 is 11.6 Å². The van der Waals surface area contributed by atoms with E-state index in [4.69, 9.17) is 16.3 Å². The van der Waals surface area contributed by atoms with E-state index < -0.39 is 5.97 Å². The standard InChI is InChI=1S/C13H16ClNO3/c1-3-18-13(17)9-15(2)12(16)8-10-4-6-11(14)7-5-10/h4-7H,3,8-9H2,1-2H3. The molecule has 0 bridgehead atoms. The summed E-state index contributed by atoms with van der Waals surface area (Å²) < 4.78 is 4.78. The minimum absolute atomic E-state index is 0.0275. The number of ether oxygens (including phenoxy) is 1. The highest BCUT2D eigenvalue weighted by Gasteiger charge is 2.13. The molecule has 1 aromatic rings. The number of amides is 1. The van der Waals surface area contributed by atoms with E-state index in [-0.39, 0.29) is 18.9 Å². The molecule has 1 aromatic carbocycles. The van der Waals surface area contributed by atoms with Crippen LogP contribution < -0.4 is 0 Å². The fourth-order valence-electron chi connectivity index (χ4n) is 1.40. The summed E-state index contributed by atoms with van der Waals surface area (Å²) in [5.74, 6) is -0.533. The van der Waals surface area contributed by atoms with Gasteiger partial charge in [0, 0.05) is 12.1 Å². The summed E-state index contributed by atoms with van der Waals surface area (Å²) in [5, 5.41) is 0.631. The van der Waals surface area contributed by atoms with Gasteiger partial charge in [0.1, 0.15) is 6.54 Å². The van der Waals surface area contributed by atoms with Crippen LogP contribution in [0.15, 0.2) is 24.3 Å². The van der Waals surface area contributed by atoms with E-state index in [1.54, 1.807) is 38.2 Å². The molecule has 0 radical (unpaired) electrons. The average Bonchev–Trinajstić information content (AvgIpc) is 2.32. The molecule has 0 N–H and O–H groups in total. The van der Waals surface area contributed by atoms with Crippen molar-refractivity contribution in [3.63, 3.8) is 0 Å². The quantitative estimate of drug-likeness (QED) is 0.767. The number of likely N-dealkylation sites (N-methyl/N-ethyl adjacent to an activating group) is 1. The summed E-state index contributed by atoms with van der Waals surface area (Å²) >= 11 is 5.76. The van der Waals surface area contributed by atoms with Gasteiger partial charge < -0.3 is 9.64 Å². The van der Waals surface area contributed by atoms with Crippen molar-refractivity contribution in [2.75, 3.05) is 20.2 Å². The maximum absolute atomic E-state index is 11.8. The lowest BCUT2D eigenvalue weighted by atomic mass is 10.1. The molecule has 1 amide bonds. The van der Waals surface area contributed by atoms with E-state index in [1.807, 2.05) is 0 Å². The van der Waals surface area contributed by atoms with Crippen LogP contribution in [-0.4, -0.2) is 37.0 Å². The molecule has 98 valence electrons. The highest BCUT2D eigenvalue weighted by molar-refractivity contribution is 6.30. The van der Waals surface area contributed by atoms with Crippen molar-refractivity contribution in [2.45, 2.75) is 13.3 Å². The van der Waals surface area contributed by atoms with Gasteiger partial charge in [0.15, 0.2) is 0 Å². The molecule has 5 heteroatoms. The highest BCUT2D eigenvalue weighted by atomic mass is 35.5. The summed E-state index contributed by atoms with van der Waals surface area (Å²) in [6.45, 7) is 2.02. The number of rotatable bonds is 5. The molecule has 0 saturated heterocycles. The molecular formula is C13H16ClNO3. The van der Waals surface area contributed by atoms with Gasteiger partial charge in [-0.1, -0.05) is 23.7 Å². The maximum atomic E-state index is 11.8. The Bertz CT molecular complexity index is 417. The zero-order valence-corrected chi connectivity index (χ0v) is 11.2. The first-order valence-electron chi connectivity index (χ1n) is 5.67. The minimum atomic E-state index is -0.399. The number of halogens is 1. The SMILES string of the molecule is CCOC(=O)CN(C)C(=O)Cc1ccc(Cl)cc1. The van der Waals surface area contributed by atoms with Gasteiger partial charge in [-0.05, 0) is 24.6 Å². The van der Waals surface area contributed by atoms with Crippen molar-refractivity contribution in [2.24, 2.45) is 0 Å². The largest absolute Gasteiger partial charge is 0.465 e. The summed E-state index contributed by atoms with van der Waals surface area (Å²) in [6.07, 6.45) is 0.243. The molecule has 0 spiro atoms. The Morgan fingerprint density at radius 3 is 2.44 bits per heavy atom. The van der Waals surface area contributed by atoms with Crippen molar-refractivity contribution in [1.29, 1.82) is 0 Å². The van der Waals surface area contributed by atoms with Crippen LogP contribution in [0.3, 0.4) is 0 Å². The molecule has 0 saturated carbocycles. The summed E-state index contributed by atoms with van der Waals surface area (Å²) in [6, 6.07) is 7.04. The van der Waals surface area contributed by atoms with Crippen LogP contribution in [-0.2, 0) is 20.7 Å². The van der Waals surface area contributed by atoms with Gasteiger partial charge in [-0.15, -0.1) is 0 Å². The smallest absolute Gasteiger partial charge is 0.325 e. The third kappa shape index (κ3) is 4.75. The maximum Gasteiger partial charge on any atom is 0.325 e. The van der Waals surface area contributed by atoms with Gasteiger partial charge in [0.25, 0.3) is 0 Å². The second kappa shape index (κ2) is 7.01. The van der Waals surface area contributed by atoms with E-state index in [1.165, 1.54) is 4.90 Å². The first kappa shape index (κ1) is 14.5. The first-order chi connectivity index (χ1) is 8.52. The first-order valence-corrected chi connectivity index (χ1v) is 6.04. The van der Waals surface area contributed by atoms with Crippen molar-refractivity contribution in [1.82, 2.24) is 4.90 Å². The third-order valence-electron chi connectivity index (χ3n) is 2.37. The van der Waals surface area contributed by atoms with Crippen LogP contribution in [0.5, 0.6) is 0 Å². The van der Waals surface area contributed by atoms with Gasteiger partial charge in [0.05, 0.1) is 13.0 Å². The van der Waals surface area contributed by atoms with E-state index in [2.05, 4.69) is 0 Å². The van der Waals surface area contributed by atoms with Crippen LogP contribution in [0.1, 0.15) is 12.5 Å². The lowest BCUT2D eigenvalue weighted by Gasteiger charge is -2.16. The molecule has 0 aliphatic carbocycles. The molecule has 4 nitrogen and oxygen atoms in total. The fraction of sp³-hybridized carbons (Fsp3) is 0.385. The Morgan fingerprint density at radius 2 is 1.89 bits per heavy atom. The lowest BCUT2D eigenvalue weighted by molar-refractivity contribution is -0.147. The number of carbonyl (C=O) groups is 2. The Labute approximate surface area is 111 Å². The molecule has 0 heterocycles. The Morgan fingerprint density at radius 1 is 1.28 bits per heavy atom. The monoisotopic (exact) mass is 269 g/mol. The summed E-state index contributed by atoms with van der Waals surface area (Å²) in [5.41, 5.74) is 0.861. The normalized spacial score (nSPS) is 9.94. The van der Waals surface area contributed by atoms with Gasteiger partial charge in [0.2, 0.25) is 5.91 Å². The predicted molar refractivity (Wildman–Crippen MR) is 69.4 cm³/mol. The number of benzene rings is 1. The minimum Gasteiger partial charge on any atom is -0.465 e. The highest BCUT2D eigenvalue weighted by Crippen LogP contribution is 2.10. The van der Waals surface area contributed by atoms with Gasteiger partial charge >= 0.3 is 5.97 Å².